The van der Waals surface area contributed by atoms with Gasteiger partial charge in [0, 0.05) is 12.5 Å². The van der Waals surface area contributed by atoms with Gasteiger partial charge in [0.15, 0.2) is 0 Å². The quantitative estimate of drug-likeness (QED) is 0.839. The van der Waals surface area contributed by atoms with E-state index in [1.807, 2.05) is 0 Å². The molecule has 20 heavy (non-hydrogen) atoms. The van der Waals surface area contributed by atoms with Crippen LogP contribution in [0.5, 0.6) is 0 Å². The van der Waals surface area contributed by atoms with Crippen LogP contribution >= 0.6 is 0 Å². The molecule has 0 spiro atoms. The first-order valence-electron chi connectivity index (χ1n) is 7.94. The van der Waals surface area contributed by atoms with Gasteiger partial charge in [-0.25, -0.2) is 0 Å². The number of ether oxygens (including phenoxy) is 1. The number of benzene rings is 1. The second-order valence-corrected chi connectivity index (χ2v) is 6.54. The van der Waals surface area contributed by atoms with Crippen molar-refractivity contribution in [2.24, 2.45) is 0 Å². The summed E-state index contributed by atoms with van der Waals surface area (Å²) < 4.78 is 5.57. The summed E-state index contributed by atoms with van der Waals surface area (Å²) in [6.45, 7) is 2.22. The molecule has 0 unspecified atom stereocenters. The maximum atomic E-state index is 10.3. The summed E-state index contributed by atoms with van der Waals surface area (Å²) in [4.78, 5) is 2.50. The molecule has 0 aromatic heterocycles. The van der Waals surface area contributed by atoms with E-state index >= 15 is 0 Å². The maximum Gasteiger partial charge on any atom is 0.0867 e. The van der Waals surface area contributed by atoms with Gasteiger partial charge in [0.05, 0.1) is 18.3 Å². The normalized spacial score (nSPS) is 38.5. The fourth-order valence-electron chi connectivity index (χ4n) is 4.07. The molecule has 1 saturated carbocycles. The Labute approximate surface area is 120 Å². The number of hydrogen-bond donors (Lipinski definition) is 1. The highest BCUT2D eigenvalue weighted by Gasteiger charge is 2.49. The van der Waals surface area contributed by atoms with Crippen LogP contribution in [0, 0.1) is 0 Å². The van der Waals surface area contributed by atoms with E-state index in [2.05, 4.69) is 35.2 Å². The van der Waals surface area contributed by atoms with Crippen LogP contribution < -0.4 is 0 Å². The van der Waals surface area contributed by atoms with Crippen LogP contribution in [-0.2, 0) is 4.74 Å². The minimum Gasteiger partial charge on any atom is -0.391 e. The van der Waals surface area contributed by atoms with Crippen molar-refractivity contribution in [2.45, 2.75) is 56.0 Å². The minimum absolute atomic E-state index is 0.188. The second kappa shape index (κ2) is 5.14. The van der Waals surface area contributed by atoms with Gasteiger partial charge in [0.1, 0.15) is 0 Å². The highest BCUT2D eigenvalue weighted by Crippen LogP contribution is 2.40. The zero-order chi connectivity index (χ0) is 13.5. The van der Waals surface area contributed by atoms with Crippen molar-refractivity contribution in [1.29, 1.82) is 0 Å². The van der Waals surface area contributed by atoms with Crippen LogP contribution in [0.3, 0.4) is 0 Å². The van der Waals surface area contributed by atoms with Gasteiger partial charge in [-0.2, -0.15) is 0 Å². The van der Waals surface area contributed by atoms with Gasteiger partial charge in [-0.05, 0) is 43.8 Å². The lowest BCUT2D eigenvalue weighted by atomic mass is 9.86. The van der Waals surface area contributed by atoms with Gasteiger partial charge in [-0.1, -0.05) is 30.3 Å². The van der Waals surface area contributed by atoms with Crippen LogP contribution in [0.2, 0.25) is 0 Å². The number of likely N-dealkylation sites (tertiary alicyclic amines) is 1. The number of aliphatic hydroxyl groups excluding tert-OH is 1. The molecule has 1 aliphatic carbocycles. The Morgan fingerprint density at radius 2 is 1.70 bits per heavy atom. The molecule has 1 aromatic rings. The summed E-state index contributed by atoms with van der Waals surface area (Å²) in [6, 6.07) is 11.2. The number of epoxide rings is 1. The molecule has 3 fully saturated rings. The predicted octanol–water partition coefficient (Wildman–Crippen LogP) is 2.16. The van der Waals surface area contributed by atoms with Crippen molar-refractivity contribution in [3.8, 4) is 0 Å². The third-order valence-electron chi connectivity index (χ3n) is 5.35. The number of nitrogens with zero attached hydrogens (tertiary/aromatic N) is 1. The summed E-state index contributed by atoms with van der Waals surface area (Å²) in [5.41, 5.74) is 1.47. The Kier molecular flexibility index (Phi) is 3.29. The van der Waals surface area contributed by atoms with Gasteiger partial charge < -0.3 is 9.84 Å². The Hall–Kier alpha value is -0.900. The first-order valence-corrected chi connectivity index (χ1v) is 7.94. The smallest absolute Gasteiger partial charge is 0.0867 e. The standard InChI is InChI=1S/C17H23NO2/c19-15-11-17-16(20-17)10-14(15)18-8-6-13(7-9-18)12-4-2-1-3-5-12/h1-5,13-17,19H,6-11H2/t14-,15-,16+,17-/m0/s1. The summed E-state index contributed by atoms with van der Waals surface area (Å²) in [7, 11) is 0. The number of fused-ring (bicyclic) bond motifs is 1. The largest absolute Gasteiger partial charge is 0.391 e. The molecule has 3 aliphatic rings. The van der Waals surface area contributed by atoms with E-state index in [0.29, 0.717) is 24.2 Å². The van der Waals surface area contributed by atoms with Crippen LogP contribution in [0.15, 0.2) is 30.3 Å². The molecule has 0 radical (unpaired) electrons. The fraction of sp³-hybridized carbons (Fsp3) is 0.647. The summed E-state index contributed by atoms with van der Waals surface area (Å²) in [6.07, 6.45) is 4.91. The lowest BCUT2D eigenvalue weighted by Gasteiger charge is -2.40. The molecule has 3 nitrogen and oxygen atoms in total. The Morgan fingerprint density at radius 3 is 2.45 bits per heavy atom. The predicted molar refractivity (Wildman–Crippen MR) is 77.7 cm³/mol. The molecule has 2 saturated heterocycles. The van der Waals surface area contributed by atoms with Gasteiger partial charge in [-0.15, -0.1) is 0 Å². The molecule has 108 valence electrons. The van der Waals surface area contributed by atoms with Crippen molar-refractivity contribution in [1.82, 2.24) is 4.90 Å². The molecule has 4 rings (SSSR count). The van der Waals surface area contributed by atoms with Crippen LogP contribution in [0.25, 0.3) is 0 Å². The maximum absolute atomic E-state index is 10.3. The molecule has 2 aliphatic heterocycles. The lowest BCUT2D eigenvalue weighted by molar-refractivity contribution is 0.0166. The fourth-order valence-corrected chi connectivity index (χ4v) is 4.07. The molecule has 0 amide bonds. The molecule has 2 heterocycles. The van der Waals surface area contributed by atoms with E-state index in [-0.39, 0.29) is 6.10 Å². The van der Waals surface area contributed by atoms with E-state index < -0.39 is 0 Å². The molecule has 0 bridgehead atoms. The van der Waals surface area contributed by atoms with E-state index in [0.717, 1.165) is 25.9 Å². The Bertz CT molecular complexity index is 455. The second-order valence-electron chi connectivity index (χ2n) is 6.54. The average Bonchev–Trinajstić information content (AvgIpc) is 3.25. The van der Waals surface area contributed by atoms with Crippen molar-refractivity contribution >= 4 is 0 Å². The lowest BCUT2D eigenvalue weighted by Crippen LogP contribution is -2.50. The topological polar surface area (TPSA) is 36.0 Å². The zero-order valence-electron chi connectivity index (χ0n) is 11.8. The van der Waals surface area contributed by atoms with E-state index in [4.69, 9.17) is 4.74 Å². The first kappa shape index (κ1) is 12.8. The Morgan fingerprint density at radius 1 is 1.00 bits per heavy atom. The van der Waals surface area contributed by atoms with E-state index in [1.165, 1.54) is 18.4 Å². The van der Waals surface area contributed by atoms with E-state index in [1.54, 1.807) is 0 Å². The minimum atomic E-state index is -0.188. The number of hydrogen-bond acceptors (Lipinski definition) is 3. The summed E-state index contributed by atoms with van der Waals surface area (Å²) >= 11 is 0. The summed E-state index contributed by atoms with van der Waals surface area (Å²) in [5.74, 6) is 0.693. The third kappa shape index (κ3) is 2.39. The Balaban J connectivity index is 1.37. The third-order valence-corrected chi connectivity index (χ3v) is 5.35. The van der Waals surface area contributed by atoms with Crippen molar-refractivity contribution in [3.63, 3.8) is 0 Å². The average molecular weight is 273 g/mol. The SMILES string of the molecule is O[C@H]1C[C@@H]2O[C@@H]2C[C@@H]1N1CCC(c2ccccc2)CC1. The van der Waals surface area contributed by atoms with Crippen molar-refractivity contribution < 1.29 is 9.84 Å². The zero-order valence-corrected chi connectivity index (χ0v) is 11.8. The van der Waals surface area contributed by atoms with Gasteiger partial charge in [-0.3, -0.25) is 4.90 Å². The molecule has 1 N–H and O–H groups in total. The highest BCUT2D eigenvalue weighted by atomic mass is 16.6. The first-order chi connectivity index (χ1) is 9.81. The molecule has 3 heteroatoms. The number of rotatable bonds is 2. The molecule has 4 atom stereocenters. The highest BCUT2D eigenvalue weighted by molar-refractivity contribution is 5.20. The summed E-state index contributed by atoms with van der Waals surface area (Å²) in [5, 5.41) is 10.3. The molecule has 1 aromatic carbocycles. The number of aliphatic hydroxyl groups is 1. The van der Waals surface area contributed by atoms with Gasteiger partial charge in [0.2, 0.25) is 0 Å². The van der Waals surface area contributed by atoms with Gasteiger partial charge >= 0.3 is 0 Å². The van der Waals surface area contributed by atoms with Crippen LogP contribution in [-0.4, -0.2) is 47.4 Å². The van der Waals surface area contributed by atoms with Gasteiger partial charge in [0.25, 0.3) is 0 Å². The van der Waals surface area contributed by atoms with E-state index in [9.17, 15) is 5.11 Å². The molecular weight excluding hydrogens is 250 g/mol. The molecular formula is C17H23NO2. The van der Waals surface area contributed by atoms with Crippen LogP contribution in [0.4, 0.5) is 0 Å². The van der Waals surface area contributed by atoms with Crippen LogP contribution in [0.1, 0.15) is 37.2 Å². The monoisotopic (exact) mass is 273 g/mol. The van der Waals surface area contributed by atoms with Crippen molar-refractivity contribution in [3.05, 3.63) is 35.9 Å². The number of piperidine rings is 1. The van der Waals surface area contributed by atoms with Crippen molar-refractivity contribution in [2.75, 3.05) is 13.1 Å².